The quantitative estimate of drug-likeness (QED) is 0.240. The lowest BCUT2D eigenvalue weighted by Crippen LogP contribution is -2.38. The number of thiophene rings is 1. The van der Waals surface area contributed by atoms with Gasteiger partial charge in [0.15, 0.2) is 5.96 Å². The fourth-order valence-electron chi connectivity index (χ4n) is 2.88. The van der Waals surface area contributed by atoms with Crippen LogP contribution in [-0.4, -0.2) is 35.7 Å². The molecule has 2 aromatic heterocycles. The summed E-state index contributed by atoms with van der Waals surface area (Å²) in [5.74, 6) is 0.733. The van der Waals surface area contributed by atoms with Crippen LogP contribution in [0.3, 0.4) is 0 Å². The normalized spacial score (nSPS) is 12.6. The van der Waals surface area contributed by atoms with Gasteiger partial charge in [-0.05, 0) is 38.3 Å². The monoisotopic (exact) mass is 530 g/mol. The molecule has 2 heterocycles. The molecule has 8 heteroatoms. The van der Waals surface area contributed by atoms with Gasteiger partial charge in [0.25, 0.3) is 0 Å². The largest absolute Gasteiger partial charge is 0.386 e. The van der Waals surface area contributed by atoms with E-state index in [-0.39, 0.29) is 24.0 Å². The van der Waals surface area contributed by atoms with E-state index in [1.54, 1.807) is 22.7 Å². The lowest BCUT2D eigenvalue weighted by atomic mass is 10.2. The zero-order valence-electron chi connectivity index (χ0n) is 16.4. The molecule has 1 unspecified atom stereocenters. The molecule has 0 bridgehead atoms. The maximum atomic E-state index is 10.5. The Labute approximate surface area is 191 Å². The van der Waals surface area contributed by atoms with Gasteiger partial charge in [-0.25, -0.2) is 4.98 Å². The summed E-state index contributed by atoms with van der Waals surface area (Å²) >= 11 is 3.37. The van der Waals surface area contributed by atoms with Gasteiger partial charge in [0.05, 0.1) is 17.2 Å². The molecule has 0 aliphatic rings. The molecule has 3 N–H and O–H groups in total. The Bertz CT molecular complexity index is 889. The number of nitrogens with zero attached hydrogens (tertiary/aromatic N) is 2. The average molecular weight is 531 g/mol. The third kappa shape index (κ3) is 6.13. The first-order chi connectivity index (χ1) is 13.1. The van der Waals surface area contributed by atoms with Crippen LogP contribution in [0.15, 0.2) is 35.3 Å². The van der Waals surface area contributed by atoms with Gasteiger partial charge >= 0.3 is 0 Å². The van der Waals surface area contributed by atoms with Gasteiger partial charge in [-0.2, -0.15) is 0 Å². The third-order valence-corrected chi connectivity index (χ3v) is 6.53. The molecule has 0 radical (unpaired) electrons. The van der Waals surface area contributed by atoms with E-state index in [1.165, 1.54) is 15.0 Å². The number of benzene rings is 1. The van der Waals surface area contributed by atoms with Crippen molar-refractivity contribution >= 4 is 62.7 Å². The molecule has 152 valence electrons. The predicted octanol–water partition coefficient (Wildman–Crippen LogP) is 4.42. The summed E-state index contributed by atoms with van der Waals surface area (Å²) in [6.45, 7) is 8.03. The van der Waals surface area contributed by atoms with Gasteiger partial charge in [-0.3, -0.25) is 4.99 Å². The van der Waals surface area contributed by atoms with Gasteiger partial charge in [-0.1, -0.05) is 18.2 Å². The van der Waals surface area contributed by atoms with Crippen LogP contribution >= 0.6 is 46.7 Å². The summed E-state index contributed by atoms with van der Waals surface area (Å²) in [7, 11) is 0. The predicted molar refractivity (Wildman–Crippen MR) is 131 cm³/mol. The van der Waals surface area contributed by atoms with Crippen LogP contribution in [0.1, 0.15) is 33.5 Å². The van der Waals surface area contributed by atoms with E-state index in [0.717, 1.165) is 41.0 Å². The number of aryl methyl sites for hydroxylation is 2. The maximum Gasteiger partial charge on any atom is 0.191 e. The van der Waals surface area contributed by atoms with Crippen LogP contribution in [0.25, 0.3) is 10.1 Å². The lowest BCUT2D eigenvalue weighted by molar-refractivity contribution is 0.191. The maximum absolute atomic E-state index is 10.5. The number of hydrogen-bond donors (Lipinski definition) is 3. The van der Waals surface area contributed by atoms with E-state index in [1.807, 2.05) is 26.0 Å². The van der Waals surface area contributed by atoms with Crippen molar-refractivity contribution in [1.82, 2.24) is 15.6 Å². The minimum absolute atomic E-state index is 0. The SMILES string of the molecule is CCNC(=NCC(O)c1cc2ccccc2s1)NCCc1sc(C)nc1C.I. The molecule has 5 nitrogen and oxygen atoms in total. The Balaban J connectivity index is 0.00000280. The number of aliphatic imine (C=N–C) groups is 1. The lowest BCUT2D eigenvalue weighted by Gasteiger charge is -2.12. The molecule has 0 saturated heterocycles. The molecule has 0 fully saturated rings. The van der Waals surface area contributed by atoms with E-state index in [0.29, 0.717) is 6.54 Å². The highest BCUT2D eigenvalue weighted by Gasteiger charge is 2.11. The first-order valence-electron chi connectivity index (χ1n) is 9.18. The van der Waals surface area contributed by atoms with Crippen molar-refractivity contribution in [2.75, 3.05) is 19.6 Å². The topological polar surface area (TPSA) is 69.5 Å². The number of aliphatic hydroxyl groups is 1. The second-order valence-electron chi connectivity index (χ2n) is 6.34. The fourth-order valence-corrected chi connectivity index (χ4v) is 4.85. The molecular formula is C20H27IN4OS2. The molecule has 0 amide bonds. The molecule has 1 aromatic carbocycles. The Morgan fingerprint density at radius 3 is 2.68 bits per heavy atom. The number of fused-ring (bicyclic) bond motifs is 1. The van der Waals surface area contributed by atoms with Crippen LogP contribution in [0, 0.1) is 13.8 Å². The van der Waals surface area contributed by atoms with E-state index in [9.17, 15) is 5.11 Å². The summed E-state index contributed by atoms with van der Waals surface area (Å²) in [6, 6.07) is 10.2. The van der Waals surface area contributed by atoms with Gasteiger partial charge in [0.2, 0.25) is 0 Å². The van der Waals surface area contributed by atoms with Crippen molar-refractivity contribution in [3.63, 3.8) is 0 Å². The van der Waals surface area contributed by atoms with Crippen LogP contribution in [0.2, 0.25) is 0 Å². The van der Waals surface area contributed by atoms with E-state index < -0.39 is 6.10 Å². The Morgan fingerprint density at radius 2 is 2.00 bits per heavy atom. The zero-order chi connectivity index (χ0) is 19.2. The molecular weight excluding hydrogens is 503 g/mol. The van der Waals surface area contributed by atoms with Crippen LogP contribution < -0.4 is 10.6 Å². The number of nitrogens with one attached hydrogen (secondary N) is 2. The van der Waals surface area contributed by atoms with Gasteiger partial charge in [0, 0.05) is 34.0 Å². The minimum Gasteiger partial charge on any atom is -0.386 e. The average Bonchev–Trinajstić information content (AvgIpc) is 3.22. The number of rotatable bonds is 7. The minimum atomic E-state index is -0.593. The number of thiazole rings is 1. The van der Waals surface area contributed by atoms with E-state index in [2.05, 4.69) is 45.7 Å². The van der Waals surface area contributed by atoms with Crippen molar-refractivity contribution in [3.05, 3.63) is 50.8 Å². The van der Waals surface area contributed by atoms with Gasteiger partial charge in [-0.15, -0.1) is 46.7 Å². The number of aliphatic hydroxyl groups excluding tert-OH is 1. The van der Waals surface area contributed by atoms with E-state index in [4.69, 9.17) is 0 Å². The zero-order valence-corrected chi connectivity index (χ0v) is 20.3. The standard InChI is InChI=1S/C20H26N4OS2.HI/c1-4-21-20(22-10-9-17-13(2)24-14(3)26-17)23-12-16(25)19-11-15-7-5-6-8-18(15)27-19;/h5-8,11,16,25H,4,9-10,12H2,1-3H3,(H2,21,22,23);1H. The number of aromatic nitrogens is 1. The van der Waals surface area contributed by atoms with Crippen molar-refractivity contribution < 1.29 is 5.11 Å². The number of halogens is 1. The number of hydrogen-bond acceptors (Lipinski definition) is 5. The third-order valence-electron chi connectivity index (χ3n) is 4.18. The Hall–Kier alpha value is -1.23. The van der Waals surface area contributed by atoms with Crippen molar-refractivity contribution in [1.29, 1.82) is 0 Å². The van der Waals surface area contributed by atoms with Crippen LogP contribution in [0.5, 0.6) is 0 Å². The van der Waals surface area contributed by atoms with E-state index >= 15 is 0 Å². The molecule has 0 aliphatic heterocycles. The molecule has 0 spiro atoms. The Kier molecular flexibility index (Phi) is 9.13. The summed E-state index contributed by atoms with van der Waals surface area (Å²) in [6.07, 6.45) is 0.324. The molecule has 1 atom stereocenters. The number of guanidine groups is 1. The highest BCUT2D eigenvalue weighted by Crippen LogP contribution is 2.29. The molecule has 0 saturated carbocycles. The van der Waals surface area contributed by atoms with Crippen LogP contribution in [0.4, 0.5) is 0 Å². The van der Waals surface area contributed by atoms with Gasteiger partial charge in [0.1, 0.15) is 6.10 Å². The first kappa shape index (κ1) is 23.1. The molecule has 3 aromatic rings. The van der Waals surface area contributed by atoms with Crippen molar-refractivity contribution in [3.8, 4) is 0 Å². The summed E-state index contributed by atoms with van der Waals surface area (Å²) < 4.78 is 1.19. The summed E-state index contributed by atoms with van der Waals surface area (Å²) in [5, 5.41) is 19.4. The second-order valence-corrected chi connectivity index (χ2v) is 8.74. The summed E-state index contributed by atoms with van der Waals surface area (Å²) in [5.41, 5.74) is 1.11. The van der Waals surface area contributed by atoms with Crippen LogP contribution in [-0.2, 0) is 6.42 Å². The summed E-state index contributed by atoms with van der Waals surface area (Å²) in [4.78, 5) is 11.3. The molecule has 28 heavy (non-hydrogen) atoms. The second kappa shape index (κ2) is 11.1. The Morgan fingerprint density at radius 1 is 1.21 bits per heavy atom. The van der Waals surface area contributed by atoms with Crippen molar-refractivity contribution in [2.45, 2.75) is 33.3 Å². The molecule has 3 rings (SSSR count). The first-order valence-corrected chi connectivity index (χ1v) is 10.8. The smallest absolute Gasteiger partial charge is 0.191 e. The fraction of sp³-hybridized carbons (Fsp3) is 0.400. The molecule has 0 aliphatic carbocycles. The highest BCUT2D eigenvalue weighted by molar-refractivity contribution is 14.0. The van der Waals surface area contributed by atoms with Gasteiger partial charge < -0.3 is 15.7 Å². The van der Waals surface area contributed by atoms with Crippen molar-refractivity contribution in [2.24, 2.45) is 4.99 Å². The highest BCUT2D eigenvalue weighted by atomic mass is 127.